The second-order valence-electron chi connectivity index (χ2n) is 8.80. The molecule has 1 aromatic heterocycles. The zero-order chi connectivity index (χ0) is 22.0. The first-order valence-electron chi connectivity index (χ1n) is 11.1. The van der Waals surface area contributed by atoms with Crippen LogP contribution >= 0.6 is 0 Å². The largest absolute Gasteiger partial charge is 0.383 e. The Kier molecular flexibility index (Phi) is 6.52. The highest BCUT2D eigenvalue weighted by Gasteiger charge is 2.44. The van der Waals surface area contributed by atoms with Crippen LogP contribution in [0.3, 0.4) is 0 Å². The molecule has 2 unspecified atom stereocenters. The Hall–Kier alpha value is -2.52. The van der Waals surface area contributed by atoms with Crippen molar-refractivity contribution >= 4 is 23.3 Å². The number of nitrogens with one attached hydrogen (secondary N) is 2. The highest BCUT2D eigenvalue weighted by Crippen LogP contribution is 2.28. The van der Waals surface area contributed by atoms with E-state index in [-0.39, 0.29) is 12.1 Å². The van der Waals surface area contributed by atoms with E-state index in [9.17, 15) is 0 Å². The van der Waals surface area contributed by atoms with Gasteiger partial charge in [0.15, 0.2) is 0 Å². The monoisotopic (exact) mass is 426 g/mol. The molecule has 0 aromatic carbocycles. The second kappa shape index (κ2) is 9.32. The van der Waals surface area contributed by atoms with E-state index in [0.717, 1.165) is 48.5 Å². The Balaban J connectivity index is 1.69. The van der Waals surface area contributed by atoms with Crippen LogP contribution in [0.25, 0.3) is 0 Å². The van der Waals surface area contributed by atoms with E-state index in [1.54, 1.807) is 7.11 Å². The summed E-state index contributed by atoms with van der Waals surface area (Å²) in [6, 6.07) is 4.29. The van der Waals surface area contributed by atoms with Crippen molar-refractivity contribution in [3.8, 4) is 0 Å². The third kappa shape index (κ3) is 4.72. The first kappa shape index (κ1) is 21.7. The first-order valence-corrected chi connectivity index (χ1v) is 11.1. The van der Waals surface area contributed by atoms with Crippen LogP contribution in [0.1, 0.15) is 26.3 Å². The van der Waals surface area contributed by atoms with Crippen LogP contribution in [0.5, 0.6) is 0 Å². The van der Waals surface area contributed by atoms with Crippen molar-refractivity contribution in [2.24, 2.45) is 21.0 Å². The lowest BCUT2D eigenvalue weighted by molar-refractivity contribution is 0.144. The number of fused-ring (bicyclic) bond motifs is 1. The molecule has 1 aromatic rings. The van der Waals surface area contributed by atoms with Gasteiger partial charge in [-0.05, 0) is 31.4 Å². The maximum atomic E-state index is 5.34. The van der Waals surface area contributed by atoms with E-state index in [4.69, 9.17) is 19.8 Å². The molecule has 0 aliphatic carbocycles. The van der Waals surface area contributed by atoms with Gasteiger partial charge in [-0.25, -0.2) is 9.98 Å². The topological polar surface area (TPSA) is 89.7 Å². The van der Waals surface area contributed by atoms with Gasteiger partial charge in [0.1, 0.15) is 23.7 Å². The van der Waals surface area contributed by atoms with Crippen LogP contribution in [-0.4, -0.2) is 90.4 Å². The van der Waals surface area contributed by atoms with Gasteiger partial charge in [-0.15, -0.1) is 0 Å². The molecule has 3 aliphatic rings. The summed E-state index contributed by atoms with van der Waals surface area (Å²) in [6.07, 6.45) is 1.86. The van der Waals surface area contributed by atoms with E-state index in [1.807, 2.05) is 19.2 Å². The summed E-state index contributed by atoms with van der Waals surface area (Å²) in [5.41, 5.74) is 2.21. The number of pyridine rings is 1. The van der Waals surface area contributed by atoms with Gasteiger partial charge in [0.25, 0.3) is 0 Å². The SMILES string of the molecule is COCCN1N=C(C(C)C)C2N=C(N3CCN[C@H](C)C3)N=C(Nc3ccc(C)cn3)C21. The number of hydrogen-bond donors (Lipinski definition) is 2. The van der Waals surface area contributed by atoms with Gasteiger partial charge in [0.2, 0.25) is 5.96 Å². The molecule has 168 valence electrons. The van der Waals surface area contributed by atoms with Crippen LogP contribution in [-0.2, 0) is 4.74 Å². The number of hydrazone groups is 1. The van der Waals surface area contributed by atoms with Crippen molar-refractivity contribution in [1.82, 2.24) is 20.2 Å². The molecule has 3 aliphatic heterocycles. The molecule has 31 heavy (non-hydrogen) atoms. The lowest BCUT2D eigenvalue weighted by Gasteiger charge is -2.37. The first-order chi connectivity index (χ1) is 15.0. The number of piperazine rings is 1. The number of rotatable bonds is 5. The van der Waals surface area contributed by atoms with Crippen molar-refractivity contribution in [2.75, 3.05) is 45.2 Å². The van der Waals surface area contributed by atoms with Gasteiger partial charge < -0.3 is 20.3 Å². The summed E-state index contributed by atoms with van der Waals surface area (Å²) in [5.74, 6) is 2.70. The van der Waals surface area contributed by atoms with Crippen molar-refractivity contribution in [3.63, 3.8) is 0 Å². The van der Waals surface area contributed by atoms with Gasteiger partial charge in [0, 0.05) is 39.0 Å². The number of amidine groups is 1. The van der Waals surface area contributed by atoms with Gasteiger partial charge in [-0.3, -0.25) is 5.01 Å². The van der Waals surface area contributed by atoms with Crippen LogP contribution in [0, 0.1) is 12.8 Å². The maximum absolute atomic E-state index is 5.34. The quantitative estimate of drug-likeness (QED) is 0.743. The summed E-state index contributed by atoms with van der Waals surface area (Å²) in [5, 5.41) is 14.0. The summed E-state index contributed by atoms with van der Waals surface area (Å²) in [7, 11) is 1.72. The lowest BCUT2D eigenvalue weighted by Crippen LogP contribution is -2.55. The van der Waals surface area contributed by atoms with Crippen molar-refractivity contribution < 1.29 is 4.74 Å². The summed E-state index contributed by atoms with van der Waals surface area (Å²) in [6.45, 7) is 12.6. The molecule has 3 atom stereocenters. The van der Waals surface area contributed by atoms with E-state index in [1.165, 1.54) is 0 Å². The molecule has 0 radical (unpaired) electrons. The predicted molar refractivity (Wildman–Crippen MR) is 125 cm³/mol. The molecule has 4 heterocycles. The highest BCUT2D eigenvalue weighted by atomic mass is 16.5. The number of methoxy groups -OCH3 is 1. The van der Waals surface area contributed by atoms with Crippen LogP contribution in [0.4, 0.5) is 5.82 Å². The highest BCUT2D eigenvalue weighted by molar-refractivity contribution is 6.13. The normalized spacial score (nSPS) is 25.9. The third-order valence-electron chi connectivity index (χ3n) is 5.86. The fraction of sp³-hybridized carbons (Fsp3) is 0.636. The van der Waals surface area contributed by atoms with Gasteiger partial charge >= 0.3 is 0 Å². The minimum atomic E-state index is -0.0836. The average molecular weight is 427 g/mol. The van der Waals surface area contributed by atoms with Gasteiger partial charge in [0.05, 0.1) is 18.9 Å². The van der Waals surface area contributed by atoms with Crippen molar-refractivity contribution in [3.05, 3.63) is 23.9 Å². The van der Waals surface area contributed by atoms with Gasteiger partial charge in [-0.2, -0.15) is 10.1 Å². The number of hydrogen-bond acceptors (Lipinski definition) is 9. The molecule has 0 amide bonds. The average Bonchev–Trinajstić information content (AvgIpc) is 3.13. The van der Waals surface area contributed by atoms with Gasteiger partial charge in [-0.1, -0.05) is 19.9 Å². The van der Waals surface area contributed by atoms with Crippen LogP contribution in [0.2, 0.25) is 0 Å². The Morgan fingerprint density at radius 2 is 2.16 bits per heavy atom. The molecular weight excluding hydrogens is 392 g/mol. The molecule has 0 bridgehead atoms. The van der Waals surface area contributed by atoms with Crippen LogP contribution in [0.15, 0.2) is 33.4 Å². The molecule has 1 saturated heterocycles. The molecule has 9 nitrogen and oxygen atoms in total. The molecular formula is C22H34N8O. The standard InChI is InChI=1S/C22H34N8O/c1-14(2)18-19-20(30(28-18)10-11-31-5)21(25-17-7-6-15(3)12-24-17)27-22(26-19)29-9-8-23-16(4)13-29/h6-7,12,14,16,19-20,23H,8-11,13H2,1-5H3,(H,24,25,26,27)/t16-,19?,20?/m1/s1. The number of aliphatic imine (C=N–C) groups is 2. The Bertz CT molecular complexity index is 863. The van der Waals surface area contributed by atoms with E-state index in [2.05, 4.69) is 52.4 Å². The number of anilines is 1. The molecule has 4 rings (SSSR count). The second-order valence-corrected chi connectivity index (χ2v) is 8.80. The van der Waals surface area contributed by atoms with E-state index in [0.29, 0.717) is 25.1 Å². The predicted octanol–water partition coefficient (Wildman–Crippen LogP) is 1.57. The smallest absolute Gasteiger partial charge is 0.223 e. The molecule has 9 heteroatoms. The molecule has 0 spiro atoms. The minimum Gasteiger partial charge on any atom is -0.383 e. The number of aryl methyl sites for hydroxylation is 1. The third-order valence-corrected chi connectivity index (χ3v) is 5.86. The number of guanidine groups is 1. The number of aromatic nitrogens is 1. The maximum Gasteiger partial charge on any atom is 0.223 e. The van der Waals surface area contributed by atoms with E-state index < -0.39 is 0 Å². The lowest BCUT2D eigenvalue weighted by atomic mass is 9.95. The van der Waals surface area contributed by atoms with E-state index >= 15 is 0 Å². The van der Waals surface area contributed by atoms with Crippen LogP contribution < -0.4 is 10.6 Å². The van der Waals surface area contributed by atoms with Crippen molar-refractivity contribution in [1.29, 1.82) is 0 Å². The fourth-order valence-corrected chi connectivity index (χ4v) is 4.22. The summed E-state index contributed by atoms with van der Waals surface area (Å²) < 4.78 is 5.34. The Morgan fingerprint density at radius 3 is 2.84 bits per heavy atom. The molecule has 1 fully saturated rings. The molecule has 2 N–H and O–H groups in total. The van der Waals surface area contributed by atoms with Crippen molar-refractivity contribution in [2.45, 2.75) is 45.8 Å². The Labute approximate surface area is 184 Å². The minimum absolute atomic E-state index is 0.0671. The molecule has 0 saturated carbocycles. The summed E-state index contributed by atoms with van der Waals surface area (Å²) >= 11 is 0. The Morgan fingerprint density at radius 1 is 1.32 bits per heavy atom. The number of nitrogens with zero attached hydrogens (tertiary/aromatic N) is 6. The summed E-state index contributed by atoms with van der Waals surface area (Å²) in [4.78, 5) is 16.9. The zero-order valence-corrected chi connectivity index (χ0v) is 19.2. The number of ether oxygens (including phenoxy) is 1. The fourth-order valence-electron chi connectivity index (χ4n) is 4.22. The zero-order valence-electron chi connectivity index (χ0n) is 19.2.